The standard InChI is InChI=1S/C23H25BrN2S/c1-3-4-6-15-26(2)16-7-5-8-18-9-14-21-22(17-18)27-25-23(21)19-10-12-20(24)13-11-19/h9-14,17H,3-4,6-7,15-16H2,1-2H3. The van der Waals surface area contributed by atoms with Gasteiger partial charge in [0.05, 0.1) is 10.4 Å². The molecule has 0 aliphatic heterocycles. The quantitative estimate of drug-likeness (QED) is 0.304. The lowest BCUT2D eigenvalue weighted by Gasteiger charge is -2.14. The number of benzene rings is 2. The predicted octanol–water partition coefficient (Wildman–Crippen LogP) is 6.59. The minimum atomic E-state index is 0.910. The number of hydrogen-bond donors (Lipinski definition) is 0. The SMILES string of the molecule is CCCCCN(C)CCC#Cc1ccc2c(-c3ccc(Br)cc3)nsc2c1. The summed E-state index contributed by atoms with van der Waals surface area (Å²) >= 11 is 5.03. The summed E-state index contributed by atoms with van der Waals surface area (Å²) in [6.07, 6.45) is 4.78. The minimum Gasteiger partial charge on any atom is -0.305 e. The average Bonchev–Trinajstić information content (AvgIpc) is 3.09. The van der Waals surface area contributed by atoms with Gasteiger partial charge in [0.2, 0.25) is 0 Å². The molecule has 4 heteroatoms. The first-order valence-corrected chi connectivity index (χ1v) is 11.1. The Labute approximate surface area is 174 Å². The van der Waals surface area contributed by atoms with Gasteiger partial charge in [-0.05, 0) is 55.8 Å². The van der Waals surface area contributed by atoms with Gasteiger partial charge < -0.3 is 4.90 Å². The third-order valence-electron chi connectivity index (χ3n) is 4.58. The van der Waals surface area contributed by atoms with E-state index in [1.165, 1.54) is 35.9 Å². The van der Waals surface area contributed by atoms with E-state index in [0.29, 0.717) is 0 Å². The van der Waals surface area contributed by atoms with E-state index in [1.54, 1.807) is 11.5 Å². The highest BCUT2D eigenvalue weighted by atomic mass is 79.9. The van der Waals surface area contributed by atoms with E-state index in [2.05, 4.69) is 93.5 Å². The molecule has 0 fully saturated rings. The van der Waals surface area contributed by atoms with Crippen LogP contribution in [0.25, 0.3) is 21.3 Å². The number of hydrogen-bond acceptors (Lipinski definition) is 3. The van der Waals surface area contributed by atoms with Gasteiger partial charge in [0.25, 0.3) is 0 Å². The Morgan fingerprint density at radius 2 is 1.89 bits per heavy atom. The smallest absolute Gasteiger partial charge is 0.0919 e. The number of aromatic nitrogens is 1. The molecule has 0 spiro atoms. The second-order valence-electron chi connectivity index (χ2n) is 6.81. The molecule has 3 rings (SSSR count). The van der Waals surface area contributed by atoms with Crippen molar-refractivity contribution in [2.75, 3.05) is 20.1 Å². The van der Waals surface area contributed by atoms with Crippen LogP contribution in [0.2, 0.25) is 0 Å². The zero-order valence-electron chi connectivity index (χ0n) is 16.0. The highest BCUT2D eigenvalue weighted by molar-refractivity contribution is 9.10. The number of nitrogens with zero attached hydrogens (tertiary/aromatic N) is 2. The molecule has 0 atom stereocenters. The van der Waals surface area contributed by atoms with Crippen molar-refractivity contribution in [2.45, 2.75) is 32.6 Å². The molecule has 0 amide bonds. The predicted molar refractivity (Wildman–Crippen MR) is 121 cm³/mol. The fraction of sp³-hybridized carbons (Fsp3) is 0.348. The molecular formula is C23H25BrN2S. The Balaban J connectivity index is 1.64. The fourth-order valence-electron chi connectivity index (χ4n) is 2.99. The Bertz CT molecular complexity index is 934. The van der Waals surface area contributed by atoms with Gasteiger partial charge in [-0.2, -0.15) is 4.37 Å². The summed E-state index contributed by atoms with van der Waals surface area (Å²) in [5.74, 6) is 6.63. The Hall–Kier alpha value is -1.67. The molecule has 3 aromatic rings. The molecule has 2 nitrogen and oxygen atoms in total. The van der Waals surface area contributed by atoms with E-state index < -0.39 is 0 Å². The molecule has 0 radical (unpaired) electrons. The van der Waals surface area contributed by atoms with Crippen LogP contribution in [0.15, 0.2) is 46.9 Å². The molecular weight excluding hydrogens is 416 g/mol. The summed E-state index contributed by atoms with van der Waals surface area (Å²) in [4.78, 5) is 2.38. The van der Waals surface area contributed by atoms with Gasteiger partial charge in [0.15, 0.2) is 0 Å². The van der Waals surface area contributed by atoms with Gasteiger partial charge in [-0.1, -0.05) is 65.7 Å². The number of fused-ring (bicyclic) bond motifs is 1. The van der Waals surface area contributed by atoms with Crippen LogP contribution < -0.4 is 0 Å². The monoisotopic (exact) mass is 440 g/mol. The fourth-order valence-corrected chi connectivity index (χ4v) is 4.09. The maximum absolute atomic E-state index is 4.66. The molecule has 0 bridgehead atoms. The van der Waals surface area contributed by atoms with Crippen molar-refractivity contribution in [2.24, 2.45) is 0 Å². The zero-order valence-corrected chi connectivity index (χ0v) is 18.4. The molecule has 2 aromatic carbocycles. The molecule has 27 heavy (non-hydrogen) atoms. The second kappa shape index (κ2) is 10.0. The van der Waals surface area contributed by atoms with Gasteiger partial charge in [0, 0.05) is 34.0 Å². The Morgan fingerprint density at radius 1 is 1.07 bits per heavy atom. The van der Waals surface area contributed by atoms with E-state index >= 15 is 0 Å². The summed E-state index contributed by atoms with van der Waals surface area (Å²) in [5.41, 5.74) is 3.27. The van der Waals surface area contributed by atoms with Crippen LogP contribution in [-0.4, -0.2) is 29.4 Å². The van der Waals surface area contributed by atoms with Gasteiger partial charge in [0.1, 0.15) is 0 Å². The van der Waals surface area contributed by atoms with Crippen LogP contribution in [0.3, 0.4) is 0 Å². The first kappa shape index (κ1) is 20.1. The van der Waals surface area contributed by atoms with Crippen LogP contribution >= 0.6 is 27.5 Å². The van der Waals surface area contributed by atoms with Crippen molar-refractivity contribution < 1.29 is 0 Å². The summed E-state index contributed by atoms with van der Waals surface area (Å²) in [6, 6.07) is 14.7. The van der Waals surface area contributed by atoms with Crippen LogP contribution in [-0.2, 0) is 0 Å². The summed E-state index contributed by atoms with van der Waals surface area (Å²) in [5, 5.41) is 1.20. The summed E-state index contributed by atoms with van der Waals surface area (Å²) in [6.45, 7) is 4.45. The molecule has 0 aliphatic carbocycles. The lowest BCUT2D eigenvalue weighted by molar-refractivity contribution is 0.333. The van der Waals surface area contributed by atoms with Crippen molar-refractivity contribution in [1.29, 1.82) is 0 Å². The third-order valence-corrected chi connectivity index (χ3v) is 5.92. The van der Waals surface area contributed by atoms with E-state index in [9.17, 15) is 0 Å². The topological polar surface area (TPSA) is 16.1 Å². The van der Waals surface area contributed by atoms with E-state index in [4.69, 9.17) is 0 Å². The normalized spacial score (nSPS) is 11.0. The van der Waals surface area contributed by atoms with E-state index in [1.807, 2.05) is 0 Å². The van der Waals surface area contributed by atoms with Crippen molar-refractivity contribution in [3.05, 3.63) is 52.5 Å². The van der Waals surface area contributed by atoms with Gasteiger partial charge in [-0.25, -0.2) is 0 Å². The molecule has 1 aromatic heterocycles. The number of rotatable bonds is 7. The van der Waals surface area contributed by atoms with Crippen molar-refractivity contribution in [3.8, 4) is 23.1 Å². The van der Waals surface area contributed by atoms with Crippen molar-refractivity contribution >= 4 is 37.5 Å². The maximum Gasteiger partial charge on any atom is 0.0919 e. The van der Waals surface area contributed by atoms with E-state index in [-0.39, 0.29) is 0 Å². The van der Waals surface area contributed by atoms with Crippen LogP contribution in [0.4, 0.5) is 0 Å². The Morgan fingerprint density at radius 3 is 2.67 bits per heavy atom. The average molecular weight is 441 g/mol. The highest BCUT2D eigenvalue weighted by Gasteiger charge is 2.08. The van der Waals surface area contributed by atoms with Gasteiger partial charge in [-0.15, -0.1) is 0 Å². The minimum absolute atomic E-state index is 0.910. The molecule has 1 heterocycles. The first-order chi connectivity index (χ1) is 13.2. The first-order valence-electron chi connectivity index (χ1n) is 9.50. The van der Waals surface area contributed by atoms with Gasteiger partial charge in [-0.3, -0.25) is 0 Å². The van der Waals surface area contributed by atoms with Crippen molar-refractivity contribution in [1.82, 2.24) is 9.27 Å². The lowest BCUT2D eigenvalue weighted by atomic mass is 10.1. The zero-order chi connectivity index (χ0) is 19.1. The van der Waals surface area contributed by atoms with Crippen LogP contribution in [0, 0.1) is 11.8 Å². The molecule has 140 valence electrons. The van der Waals surface area contributed by atoms with Gasteiger partial charge >= 0.3 is 0 Å². The largest absolute Gasteiger partial charge is 0.305 e. The number of unbranched alkanes of at least 4 members (excludes halogenated alkanes) is 2. The highest BCUT2D eigenvalue weighted by Crippen LogP contribution is 2.31. The summed E-state index contributed by atoms with van der Waals surface area (Å²) in [7, 11) is 2.18. The second-order valence-corrected chi connectivity index (χ2v) is 8.53. The third kappa shape index (κ3) is 5.65. The molecule has 0 N–H and O–H groups in total. The molecule has 0 saturated heterocycles. The van der Waals surface area contributed by atoms with Crippen molar-refractivity contribution in [3.63, 3.8) is 0 Å². The molecule has 0 saturated carbocycles. The molecule has 0 unspecified atom stereocenters. The Kier molecular flexibility index (Phi) is 7.46. The maximum atomic E-state index is 4.66. The number of halogens is 1. The van der Waals surface area contributed by atoms with Crippen LogP contribution in [0.1, 0.15) is 38.2 Å². The summed E-state index contributed by atoms with van der Waals surface area (Å²) < 4.78 is 6.94. The van der Waals surface area contributed by atoms with Crippen LogP contribution in [0.5, 0.6) is 0 Å². The lowest BCUT2D eigenvalue weighted by Crippen LogP contribution is -2.20. The van der Waals surface area contributed by atoms with E-state index in [0.717, 1.165) is 34.3 Å². The molecule has 0 aliphatic rings.